The van der Waals surface area contributed by atoms with Gasteiger partial charge in [0.1, 0.15) is 9.75 Å². The minimum absolute atomic E-state index is 0.0378. The Balaban J connectivity index is 1.31. The number of piperazine rings is 1. The van der Waals surface area contributed by atoms with Gasteiger partial charge in [0, 0.05) is 41.9 Å². The van der Waals surface area contributed by atoms with Gasteiger partial charge in [-0.05, 0) is 94.5 Å². The van der Waals surface area contributed by atoms with Crippen molar-refractivity contribution in [1.82, 2.24) is 4.90 Å². The van der Waals surface area contributed by atoms with Gasteiger partial charge in [0.25, 0.3) is 5.91 Å². The van der Waals surface area contributed by atoms with Crippen LogP contribution in [0.5, 0.6) is 0 Å². The predicted molar refractivity (Wildman–Crippen MR) is 189 cm³/mol. The van der Waals surface area contributed by atoms with Gasteiger partial charge in [0.2, 0.25) is 0 Å². The minimum Gasteiger partial charge on any atom is -0.477 e. The molecule has 1 amide bonds. The Morgan fingerprint density at radius 1 is 0.956 bits per heavy atom. The topological polar surface area (TPSA) is 81.2 Å². The maximum Gasteiger partial charge on any atom is 0.346 e. The number of anilines is 2. The number of rotatable bonds is 9. The predicted octanol–water partition coefficient (Wildman–Crippen LogP) is 7.77. The highest BCUT2D eigenvalue weighted by molar-refractivity contribution is 9.10. The van der Waals surface area contributed by atoms with E-state index < -0.39 is 17.0 Å². The van der Waals surface area contributed by atoms with Gasteiger partial charge in [-0.15, -0.1) is 22.7 Å². The summed E-state index contributed by atoms with van der Waals surface area (Å²) in [7, 11) is -1.57. The number of carbonyl (C=O) groups is 2. The Kier molecular flexibility index (Phi) is 9.41. The Morgan fingerprint density at radius 2 is 1.69 bits per heavy atom. The molecule has 0 radical (unpaired) electrons. The summed E-state index contributed by atoms with van der Waals surface area (Å²) in [5.74, 6) is -0.911. The van der Waals surface area contributed by atoms with Crippen LogP contribution in [0.15, 0.2) is 87.5 Å². The highest BCUT2D eigenvalue weighted by Crippen LogP contribution is 2.36. The third-order valence-electron chi connectivity index (χ3n) is 8.10. The van der Waals surface area contributed by atoms with Gasteiger partial charge < -0.3 is 14.9 Å². The van der Waals surface area contributed by atoms with E-state index in [-0.39, 0.29) is 5.91 Å². The number of thiophene rings is 2. The van der Waals surface area contributed by atoms with E-state index in [1.54, 1.807) is 6.92 Å². The van der Waals surface area contributed by atoms with Crippen molar-refractivity contribution in [3.63, 3.8) is 0 Å². The number of carboxylic acids is 1. The van der Waals surface area contributed by atoms with Gasteiger partial charge in [-0.25, -0.2) is 9.00 Å². The lowest BCUT2D eigenvalue weighted by molar-refractivity contribution is 0.0700. The molecule has 0 aliphatic carbocycles. The maximum atomic E-state index is 14.5. The van der Waals surface area contributed by atoms with Gasteiger partial charge in [-0.2, -0.15) is 0 Å². The van der Waals surface area contributed by atoms with Gasteiger partial charge in [0.05, 0.1) is 16.3 Å². The van der Waals surface area contributed by atoms with Crippen LogP contribution in [-0.4, -0.2) is 58.8 Å². The van der Waals surface area contributed by atoms with Crippen LogP contribution < -0.4 is 9.21 Å². The molecule has 232 valence electrons. The summed E-state index contributed by atoms with van der Waals surface area (Å²) >= 11 is 6.18. The number of hydrogen-bond acceptors (Lipinski definition) is 6. The van der Waals surface area contributed by atoms with Gasteiger partial charge in [0.15, 0.2) is 11.0 Å². The fourth-order valence-corrected chi connectivity index (χ4v) is 9.38. The number of carboxylic acid groups (broad SMARTS) is 1. The largest absolute Gasteiger partial charge is 0.477 e. The van der Waals surface area contributed by atoms with Crippen molar-refractivity contribution in [2.75, 3.05) is 41.9 Å². The molecule has 7 nitrogen and oxygen atoms in total. The van der Waals surface area contributed by atoms with E-state index in [2.05, 4.69) is 58.1 Å². The zero-order chi connectivity index (χ0) is 31.7. The van der Waals surface area contributed by atoms with Crippen molar-refractivity contribution in [3.8, 4) is 0 Å². The molecule has 0 saturated carbocycles. The zero-order valence-corrected chi connectivity index (χ0v) is 28.9. The van der Waals surface area contributed by atoms with Crippen molar-refractivity contribution in [1.29, 1.82) is 0 Å². The molecule has 45 heavy (non-hydrogen) atoms. The van der Waals surface area contributed by atoms with Crippen LogP contribution in [0.3, 0.4) is 0 Å². The number of carbonyl (C=O) groups excluding carboxylic acids is 1. The molecule has 1 fully saturated rings. The van der Waals surface area contributed by atoms with Crippen LogP contribution >= 0.6 is 38.6 Å². The molecule has 5 aromatic rings. The van der Waals surface area contributed by atoms with Crippen LogP contribution in [0.2, 0.25) is 0 Å². The van der Waals surface area contributed by atoms with E-state index in [0.29, 0.717) is 54.5 Å². The number of amides is 1. The second kappa shape index (κ2) is 13.5. The van der Waals surface area contributed by atoms with Gasteiger partial charge >= 0.3 is 5.97 Å². The number of aryl methyl sites for hydroxylation is 2. The first-order valence-electron chi connectivity index (χ1n) is 14.6. The van der Waals surface area contributed by atoms with Crippen LogP contribution in [-0.2, 0) is 17.4 Å². The first-order valence-corrected chi connectivity index (χ1v) is 18.2. The molecular formula is C34H32BrN3O4S3. The summed E-state index contributed by atoms with van der Waals surface area (Å²) < 4.78 is 18.1. The van der Waals surface area contributed by atoms with Crippen molar-refractivity contribution >= 4 is 82.9 Å². The van der Waals surface area contributed by atoms with E-state index in [1.807, 2.05) is 57.0 Å². The normalized spacial score (nSPS) is 14.1. The molecule has 1 aliphatic rings. The van der Waals surface area contributed by atoms with E-state index in [4.69, 9.17) is 0 Å². The third kappa shape index (κ3) is 6.58. The molecular weight excluding hydrogens is 690 g/mol. The number of aromatic carboxylic acids is 1. The van der Waals surface area contributed by atoms with Crippen LogP contribution in [0, 0.1) is 13.8 Å². The SMILES string of the molecule is Cc1ccc(CCN(c2ccccc2N2CCN(C(=O)c3sccc3Br)CC2)S(=O)c2ccc3sc(C(=O)O)c(C)c3c2)cc1. The summed E-state index contributed by atoms with van der Waals surface area (Å²) in [4.78, 5) is 30.7. The van der Waals surface area contributed by atoms with Crippen molar-refractivity contribution in [2.24, 2.45) is 0 Å². The van der Waals surface area contributed by atoms with Crippen molar-refractivity contribution in [3.05, 3.63) is 109 Å². The van der Waals surface area contributed by atoms with Gasteiger partial charge in [-0.1, -0.05) is 42.0 Å². The monoisotopic (exact) mass is 721 g/mol. The van der Waals surface area contributed by atoms with E-state index in [0.717, 1.165) is 36.4 Å². The average molecular weight is 723 g/mol. The zero-order valence-electron chi connectivity index (χ0n) is 24.9. The number of nitrogens with zero attached hydrogens (tertiary/aromatic N) is 3. The highest BCUT2D eigenvalue weighted by atomic mass is 79.9. The molecule has 1 unspecified atom stereocenters. The summed E-state index contributed by atoms with van der Waals surface area (Å²) in [6.07, 6.45) is 0.696. The molecule has 0 bridgehead atoms. The Labute approximate surface area is 281 Å². The Morgan fingerprint density at radius 3 is 2.38 bits per heavy atom. The summed E-state index contributed by atoms with van der Waals surface area (Å²) in [5.41, 5.74) is 4.86. The van der Waals surface area contributed by atoms with Crippen LogP contribution in [0.4, 0.5) is 11.4 Å². The lowest BCUT2D eigenvalue weighted by Gasteiger charge is -2.38. The van der Waals surface area contributed by atoms with E-state index >= 15 is 0 Å². The maximum absolute atomic E-state index is 14.5. The number of benzene rings is 3. The smallest absolute Gasteiger partial charge is 0.346 e. The number of hydrogen-bond donors (Lipinski definition) is 1. The second-order valence-corrected chi connectivity index (χ2v) is 15.2. The molecule has 3 heterocycles. The standard InChI is InChI=1S/C34H32BrN3O4S3/c1-22-7-9-24(10-8-22)13-15-38(45(42)25-11-12-30-26(21-25)23(2)31(44-30)34(40)41)29-6-4-3-5-28(29)36-16-18-37(19-17-36)33(39)32-27(35)14-20-43-32/h3-12,14,20-21H,13,15-19H2,1-2H3,(H,40,41). The molecule has 1 aliphatic heterocycles. The quantitative estimate of drug-likeness (QED) is 0.168. The average Bonchev–Trinajstić information content (AvgIpc) is 3.64. The lowest BCUT2D eigenvalue weighted by Crippen LogP contribution is -2.49. The fourth-order valence-electron chi connectivity index (χ4n) is 5.60. The van der Waals surface area contributed by atoms with Crippen molar-refractivity contribution < 1.29 is 18.9 Å². The molecule has 11 heteroatoms. The van der Waals surface area contributed by atoms with E-state index in [9.17, 15) is 18.9 Å². The Bertz CT molecular complexity index is 1890. The first-order chi connectivity index (χ1) is 21.7. The summed E-state index contributed by atoms with van der Waals surface area (Å²) in [6.45, 7) is 6.87. The molecule has 6 rings (SSSR count). The molecule has 1 N–H and O–H groups in total. The Hall–Kier alpha value is -3.51. The summed E-state index contributed by atoms with van der Waals surface area (Å²) in [5, 5.41) is 12.4. The fraction of sp³-hybridized carbons (Fsp3) is 0.235. The highest BCUT2D eigenvalue weighted by Gasteiger charge is 2.28. The number of halogens is 1. The molecule has 3 aromatic carbocycles. The number of fused-ring (bicyclic) bond motifs is 1. The lowest BCUT2D eigenvalue weighted by atomic mass is 10.1. The van der Waals surface area contributed by atoms with E-state index in [1.165, 1.54) is 28.2 Å². The molecule has 1 atom stereocenters. The first kappa shape index (κ1) is 31.5. The summed E-state index contributed by atoms with van der Waals surface area (Å²) in [6, 6.07) is 23.9. The molecule has 1 saturated heterocycles. The third-order valence-corrected chi connectivity index (χ3v) is 12.6. The second-order valence-electron chi connectivity index (χ2n) is 11.0. The van der Waals surface area contributed by atoms with Gasteiger partial charge in [-0.3, -0.25) is 9.10 Å². The molecule has 2 aromatic heterocycles. The molecule has 0 spiro atoms. The van der Waals surface area contributed by atoms with Crippen LogP contribution in [0.25, 0.3) is 10.1 Å². The minimum atomic E-state index is -1.57. The van der Waals surface area contributed by atoms with Crippen molar-refractivity contribution in [2.45, 2.75) is 25.2 Å². The number of para-hydroxylation sites is 2. The van der Waals surface area contributed by atoms with Crippen LogP contribution in [0.1, 0.15) is 36.0 Å².